The Morgan fingerprint density at radius 3 is 2.45 bits per heavy atom. The van der Waals surface area contributed by atoms with E-state index in [1.54, 1.807) is 19.9 Å². The lowest BCUT2D eigenvalue weighted by molar-refractivity contribution is -0.146. The molecule has 0 aromatic rings. The molecule has 8 heteroatoms. The van der Waals surface area contributed by atoms with Gasteiger partial charge in [0.15, 0.2) is 0 Å². The van der Waals surface area contributed by atoms with E-state index < -0.39 is 33.8 Å². The number of carbonyl (C=O) groups excluding carboxylic acids is 2. The molecule has 1 aliphatic rings. The molecule has 33 heavy (non-hydrogen) atoms. The average Bonchev–Trinajstić information content (AvgIpc) is 2.65. The largest absolute Gasteiger partial charge is 0.464 e. The SMILES string of the molecule is CCOC(=O)[C@@H](CS(=O)(=O)O)NC(=O)\C=C(C)/C=C/C=C(C)/C=C/C1=C(C)CCCC1(C)C. The van der Waals surface area contributed by atoms with Gasteiger partial charge in [-0.1, -0.05) is 55.4 Å². The Morgan fingerprint density at radius 2 is 1.88 bits per heavy atom. The first kappa shape index (κ1) is 28.6. The van der Waals surface area contributed by atoms with Crippen LogP contribution in [0.15, 0.2) is 58.7 Å². The van der Waals surface area contributed by atoms with Crippen LogP contribution in [0.3, 0.4) is 0 Å². The minimum Gasteiger partial charge on any atom is -0.464 e. The molecule has 0 saturated carbocycles. The molecule has 7 nitrogen and oxygen atoms in total. The zero-order valence-electron chi connectivity index (χ0n) is 20.5. The van der Waals surface area contributed by atoms with E-state index in [-0.39, 0.29) is 12.0 Å². The van der Waals surface area contributed by atoms with Crippen molar-refractivity contribution in [2.24, 2.45) is 5.41 Å². The number of ether oxygens (including phenoxy) is 1. The van der Waals surface area contributed by atoms with E-state index in [0.717, 1.165) is 12.0 Å². The summed E-state index contributed by atoms with van der Waals surface area (Å²) in [6, 6.07) is -1.49. The fourth-order valence-electron chi connectivity index (χ4n) is 3.72. The monoisotopic (exact) mass is 479 g/mol. The van der Waals surface area contributed by atoms with Crippen LogP contribution in [0.25, 0.3) is 0 Å². The summed E-state index contributed by atoms with van der Waals surface area (Å²) in [7, 11) is -4.48. The number of carbonyl (C=O) groups is 2. The maximum Gasteiger partial charge on any atom is 0.329 e. The number of hydrogen-bond donors (Lipinski definition) is 2. The topological polar surface area (TPSA) is 110 Å². The number of allylic oxidation sites excluding steroid dienone is 9. The number of rotatable bonds is 10. The average molecular weight is 480 g/mol. The summed E-state index contributed by atoms with van der Waals surface area (Å²) in [5, 5.41) is 2.26. The van der Waals surface area contributed by atoms with E-state index in [1.165, 1.54) is 30.1 Å². The zero-order valence-corrected chi connectivity index (χ0v) is 21.3. The Kier molecular flexibility index (Phi) is 11.0. The van der Waals surface area contributed by atoms with Gasteiger partial charge in [-0.3, -0.25) is 9.35 Å². The Bertz CT molecular complexity index is 980. The summed E-state index contributed by atoms with van der Waals surface area (Å²) in [6.07, 6.45) is 14.5. The lowest BCUT2D eigenvalue weighted by Gasteiger charge is -2.32. The second kappa shape index (κ2) is 12.7. The summed E-state index contributed by atoms with van der Waals surface area (Å²) in [4.78, 5) is 24.0. The van der Waals surface area contributed by atoms with Crippen LogP contribution in [-0.2, 0) is 24.4 Å². The minimum atomic E-state index is -4.48. The van der Waals surface area contributed by atoms with E-state index in [0.29, 0.717) is 5.57 Å². The molecule has 1 rings (SSSR count). The molecule has 0 saturated heterocycles. The first-order valence-corrected chi connectivity index (χ1v) is 12.7. The van der Waals surface area contributed by atoms with Gasteiger partial charge in [-0.25, -0.2) is 4.79 Å². The Morgan fingerprint density at radius 1 is 1.21 bits per heavy atom. The molecule has 1 amide bonds. The molecular formula is C25H37NO6S. The van der Waals surface area contributed by atoms with E-state index in [2.05, 4.69) is 38.2 Å². The molecule has 0 aromatic heterocycles. The molecule has 0 spiro atoms. The molecule has 184 valence electrons. The van der Waals surface area contributed by atoms with Gasteiger partial charge in [0.2, 0.25) is 5.91 Å². The third-order valence-corrected chi connectivity index (χ3v) is 6.15. The second-order valence-electron chi connectivity index (χ2n) is 8.98. The van der Waals surface area contributed by atoms with Crippen molar-refractivity contribution in [1.82, 2.24) is 5.32 Å². The van der Waals surface area contributed by atoms with Gasteiger partial charge in [0.05, 0.1) is 6.61 Å². The van der Waals surface area contributed by atoms with Gasteiger partial charge < -0.3 is 10.1 Å². The molecule has 0 heterocycles. The molecule has 0 aliphatic heterocycles. The third-order valence-electron chi connectivity index (χ3n) is 5.40. The zero-order chi connectivity index (χ0) is 25.2. The molecule has 2 N–H and O–H groups in total. The first-order chi connectivity index (χ1) is 15.2. The Labute approximate surface area is 198 Å². The van der Waals surface area contributed by atoms with Crippen molar-refractivity contribution >= 4 is 22.0 Å². The van der Waals surface area contributed by atoms with Crippen LogP contribution in [0.1, 0.15) is 60.8 Å². The number of esters is 1. The van der Waals surface area contributed by atoms with Crippen LogP contribution in [0.4, 0.5) is 0 Å². The fourth-order valence-corrected chi connectivity index (χ4v) is 4.36. The number of hydrogen-bond acceptors (Lipinski definition) is 5. The van der Waals surface area contributed by atoms with Crippen LogP contribution in [0.5, 0.6) is 0 Å². The van der Waals surface area contributed by atoms with Crippen molar-refractivity contribution in [3.8, 4) is 0 Å². The van der Waals surface area contributed by atoms with Crippen molar-refractivity contribution in [2.75, 3.05) is 12.4 Å². The Balaban J connectivity index is 2.81. The van der Waals surface area contributed by atoms with Crippen molar-refractivity contribution < 1.29 is 27.3 Å². The van der Waals surface area contributed by atoms with Gasteiger partial charge in [0, 0.05) is 6.08 Å². The second-order valence-corrected chi connectivity index (χ2v) is 10.5. The lowest BCUT2D eigenvalue weighted by Crippen LogP contribution is -2.45. The van der Waals surface area contributed by atoms with Crippen molar-refractivity contribution in [3.05, 3.63) is 58.7 Å². The predicted octanol–water partition coefficient (Wildman–Crippen LogP) is 4.45. The van der Waals surface area contributed by atoms with Gasteiger partial charge in [0.1, 0.15) is 11.8 Å². The molecule has 1 aliphatic carbocycles. The highest BCUT2D eigenvalue weighted by Crippen LogP contribution is 2.40. The maximum atomic E-state index is 12.2. The summed E-state index contributed by atoms with van der Waals surface area (Å²) in [5.41, 5.74) is 4.66. The molecule has 0 radical (unpaired) electrons. The molecule has 0 bridgehead atoms. The fraction of sp³-hybridized carbons (Fsp3) is 0.520. The number of nitrogens with one attached hydrogen (secondary N) is 1. The van der Waals surface area contributed by atoms with Crippen LogP contribution < -0.4 is 5.32 Å². The van der Waals surface area contributed by atoms with Crippen molar-refractivity contribution in [1.29, 1.82) is 0 Å². The molecular weight excluding hydrogens is 442 g/mol. The van der Waals surface area contributed by atoms with E-state index >= 15 is 0 Å². The molecule has 0 unspecified atom stereocenters. The normalized spacial score (nSPS) is 18.6. The summed E-state index contributed by atoms with van der Waals surface area (Å²) < 4.78 is 36.0. The van der Waals surface area contributed by atoms with E-state index in [1.807, 2.05) is 19.1 Å². The summed E-state index contributed by atoms with van der Waals surface area (Å²) in [6.45, 7) is 12.0. The van der Waals surface area contributed by atoms with E-state index in [4.69, 9.17) is 9.29 Å². The van der Waals surface area contributed by atoms with Crippen LogP contribution in [0.2, 0.25) is 0 Å². The van der Waals surface area contributed by atoms with Crippen LogP contribution >= 0.6 is 0 Å². The highest BCUT2D eigenvalue weighted by atomic mass is 32.2. The van der Waals surface area contributed by atoms with Crippen LogP contribution in [-0.4, -0.2) is 43.2 Å². The standard InChI is InChI=1S/C25H37NO6S/c1-7-32-24(28)22(17-33(29,30)31)26-23(27)16-19(3)11-8-10-18(2)13-14-21-20(4)12-9-15-25(21,5)6/h8,10-11,13-14,16,22H,7,9,12,15,17H2,1-6H3,(H,26,27)(H,29,30,31)/b11-8+,14-13+,18-10+,19-16-/t22-/m1/s1. The van der Waals surface area contributed by atoms with Gasteiger partial charge in [-0.2, -0.15) is 8.42 Å². The number of amides is 1. The first-order valence-electron chi connectivity index (χ1n) is 11.1. The lowest BCUT2D eigenvalue weighted by atomic mass is 9.72. The van der Waals surface area contributed by atoms with Crippen molar-refractivity contribution in [2.45, 2.75) is 66.8 Å². The minimum absolute atomic E-state index is 0.0166. The smallest absolute Gasteiger partial charge is 0.329 e. The summed E-state index contributed by atoms with van der Waals surface area (Å²) in [5.74, 6) is -2.55. The molecule has 1 atom stereocenters. The van der Waals surface area contributed by atoms with Crippen LogP contribution in [0, 0.1) is 5.41 Å². The highest BCUT2D eigenvalue weighted by molar-refractivity contribution is 7.85. The maximum absolute atomic E-state index is 12.2. The molecule has 0 fully saturated rings. The third kappa shape index (κ3) is 10.8. The molecule has 0 aromatic carbocycles. The summed E-state index contributed by atoms with van der Waals surface area (Å²) >= 11 is 0. The van der Waals surface area contributed by atoms with Gasteiger partial charge >= 0.3 is 5.97 Å². The van der Waals surface area contributed by atoms with Crippen molar-refractivity contribution in [3.63, 3.8) is 0 Å². The predicted molar refractivity (Wildman–Crippen MR) is 131 cm³/mol. The van der Waals surface area contributed by atoms with E-state index in [9.17, 15) is 18.0 Å². The quantitative estimate of drug-likeness (QED) is 0.207. The van der Waals surface area contributed by atoms with Gasteiger partial charge in [-0.15, -0.1) is 0 Å². The van der Waals surface area contributed by atoms with Gasteiger partial charge in [-0.05, 0) is 63.5 Å². The highest BCUT2D eigenvalue weighted by Gasteiger charge is 2.27. The van der Waals surface area contributed by atoms with Gasteiger partial charge in [0.25, 0.3) is 10.1 Å². The Hall–Kier alpha value is -2.45.